The zero-order valence-electron chi connectivity index (χ0n) is 13.1. The summed E-state index contributed by atoms with van der Waals surface area (Å²) in [5, 5.41) is 1.61. The first-order valence-electron chi connectivity index (χ1n) is 7.55. The van der Waals surface area contributed by atoms with Crippen LogP contribution in [-0.4, -0.2) is 28.2 Å². The van der Waals surface area contributed by atoms with E-state index in [-0.39, 0.29) is 0 Å². The predicted octanol–water partition coefficient (Wildman–Crippen LogP) is 3.51. The van der Waals surface area contributed by atoms with Crippen LogP contribution in [0.25, 0.3) is 11.0 Å². The monoisotopic (exact) mass is 310 g/mol. The molecule has 0 spiro atoms. The molecule has 6 heteroatoms. The Kier molecular flexibility index (Phi) is 4.63. The standard InChI is InChI=1S/C17H18N4O2/c1-3-22-14-8-5-7-13(11-14)21(23-4-2)17-19-12-16-15(20-17)9-6-10-18-16/h5-12H,3-4H2,1-2H3. The van der Waals surface area contributed by atoms with Crippen LogP contribution in [0.2, 0.25) is 0 Å². The Balaban J connectivity index is 2.01. The Hall–Kier alpha value is -2.73. The first-order chi connectivity index (χ1) is 11.3. The first-order valence-corrected chi connectivity index (χ1v) is 7.55. The number of aromatic nitrogens is 3. The Morgan fingerprint density at radius 1 is 1.00 bits per heavy atom. The average Bonchev–Trinajstić information content (AvgIpc) is 2.60. The van der Waals surface area contributed by atoms with E-state index in [1.807, 2.05) is 50.2 Å². The van der Waals surface area contributed by atoms with Gasteiger partial charge in [0, 0.05) is 12.3 Å². The molecule has 0 saturated carbocycles. The van der Waals surface area contributed by atoms with Gasteiger partial charge in [0.2, 0.25) is 0 Å². The average molecular weight is 310 g/mol. The normalized spacial score (nSPS) is 10.7. The summed E-state index contributed by atoms with van der Waals surface area (Å²) in [6, 6.07) is 11.4. The maximum atomic E-state index is 5.73. The highest BCUT2D eigenvalue weighted by atomic mass is 16.7. The number of anilines is 2. The minimum Gasteiger partial charge on any atom is -0.494 e. The van der Waals surface area contributed by atoms with Crippen LogP contribution >= 0.6 is 0 Å². The van der Waals surface area contributed by atoms with Gasteiger partial charge in [0.05, 0.1) is 30.6 Å². The Labute approximate surface area is 134 Å². The number of rotatable bonds is 6. The minimum absolute atomic E-state index is 0.459. The highest BCUT2D eigenvalue weighted by molar-refractivity contribution is 5.74. The van der Waals surface area contributed by atoms with Crippen molar-refractivity contribution in [3.63, 3.8) is 0 Å². The summed E-state index contributed by atoms with van der Waals surface area (Å²) in [4.78, 5) is 18.9. The van der Waals surface area contributed by atoms with E-state index < -0.39 is 0 Å². The van der Waals surface area contributed by atoms with E-state index in [0.29, 0.717) is 19.2 Å². The van der Waals surface area contributed by atoms with Crippen LogP contribution in [0.15, 0.2) is 48.8 Å². The van der Waals surface area contributed by atoms with Crippen LogP contribution in [0.3, 0.4) is 0 Å². The fourth-order valence-electron chi connectivity index (χ4n) is 2.20. The molecule has 0 aliphatic heterocycles. The lowest BCUT2D eigenvalue weighted by Gasteiger charge is -2.21. The van der Waals surface area contributed by atoms with Crippen LogP contribution in [-0.2, 0) is 4.84 Å². The Morgan fingerprint density at radius 3 is 2.74 bits per heavy atom. The van der Waals surface area contributed by atoms with Crippen molar-refractivity contribution in [2.24, 2.45) is 0 Å². The van der Waals surface area contributed by atoms with Crippen molar-refractivity contribution >= 4 is 22.7 Å². The molecule has 0 radical (unpaired) electrons. The third-order valence-electron chi connectivity index (χ3n) is 3.14. The van der Waals surface area contributed by atoms with Crippen molar-refractivity contribution < 1.29 is 9.57 Å². The molecule has 3 aromatic rings. The second-order valence-corrected chi connectivity index (χ2v) is 4.72. The van der Waals surface area contributed by atoms with Crippen molar-refractivity contribution in [2.75, 3.05) is 18.3 Å². The number of nitrogens with zero attached hydrogens (tertiary/aromatic N) is 4. The van der Waals surface area contributed by atoms with Gasteiger partial charge >= 0.3 is 0 Å². The van der Waals surface area contributed by atoms with Gasteiger partial charge in [-0.1, -0.05) is 6.07 Å². The Morgan fingerprint density at radius 2 is 1.91 bits per heavy atom. The number of pyridine rings is 1. The highest BCUT2D eigenvalue weighted by Crippen LogP contribution is 2.27. The summed E-state index contributed by atoms with van der Waals surface area (Å²) < 4.78 is 5.55. The molecule has 0 unspecified atom stereocenters. The van der Waals surface area contributed by atoms with Crippen molar-refractivity contribution in [1.29, 1.82) is 0 Å². The number of hydrogen-bond donors (Lipinski definition) is 0. The van der Waals surface area contributed by atoms with Gasteiger partial charge in [0.25, 0.3) is 5.95 Å². The predicted molar refractivity (Wildman–Crippen MR) is 88.7 cm³/mol. The zero-order valence-corrected chi connectivity index (χ0v) is 13.1. The van der Waals surface area contributed by atoms with Crippen LogP contribution in [0.4, 0.5) is 11.6 Å². The number of hydrogen-bond acceptors (Lipinski definition) is 6. The second-order valence-electron chi connectivity index (χ2n) is 4.72. The third kappa shape index (κ3) is 3.37. The lowest BCUT2D eigenvalue weighted by Crippen LogP contribution is -2.20. The molecule has 1 aromatic carbocycles. The van der Waals surface area contributed by atoms with E-state index in [0.717, 1.165) is 22.5 Å². The second kappa shape index (κ2) is 7.02. The van der Waals surface area contributed by atoms with E-state index in [4.69, 9.17) is 9.57 Å². The molecule has 0 fully saturated rings. The summed E-state index contributed by atoms with van der Waals surface area (Å²) in [5.41, 5.74) is 2.32. The maximum absolute atomic E-state index is 5.73. The van der Waals surface area contributed by atoms with E-state index >= 15 is 0 Å². The van der Waals surface area contributed by atoms with Gasteiger partial charge in [-0.15, -0.1) is 0 Å². The fourth-order valence-corrected chi connectivity index (χ4v) is 2.20. The van der Waals surface area contributed by atoms with Gasteiger partial charge < -0.3 is 4.74 Å². The van der Waals surface area contributed by atoms with Gasteiger partial charge in [-0.25, -0.2) is 9.97 Å². The molecule has 3 rings (SSSR count). The van der Waals surface area contributed by atoms with Gasteiger partial charge in [-0.05, 0) is 38.1 Å². The van der Waals surface area contributed by atoms with Crippen molar-refractivity contribution in [3.8, 4) is 5.75 Å². The van der Waals surface area contributed by atoms with Gasteiger partial charge in [0.15, 0.2) is 0 Å². The SMILES string of the molecule is CCOc1cccc(N(OCC)c2ncc3ncccc3n2)c1. The highest BCUT2D eigenvalue weighted by Gasteiger charge is 2.14. The summed E-state index contributed by atoms with van der Waals surface area (Å²) >= 11 is 0. The molecule has 2 heterocycles. The molecular formula is C17H18N4O2. The lowest BCUT2D eigenvalue weighted by atomic mass is 10.3. The minimum atomic E-state index is 0.459. The number of fused-ring (bicyclic) bond motifs is 1. The van der Waals surface area contributed by atoms with E-state index in [1.165, 1.54) is 0 Å². The molecule has 6 nitrogen and oxygen atoms in total. The molecule has 118 valence electrons. The van der Waals surface area contributed by atoms with Gasteiger partial charge in [-0.2, -0.15) is 5.06 Å². The maximum Gasteiger partial charge on any atom is 0.255 e. The van der Waals surface area contributed by atoms with Crippen LogP contribution < -0.4 is 9.80 Å². The quantitative estimate of drug-likeness (QED) is 0.649. The largest absolute Gasteiger partial charge is 0.494 e. The molecule has 0 N–H and O–H groups in total. The summed E-state index contributed by atoms with van der Waals surface area (Å²) in [5.74, 6) is 1.23. The third-order valence-corrected chi connectivity index (χ3v) is 3.14. The summed E-state index contributed by atoms with van der Waals surface area (Å²) in [6.45, 7) is 4.97. The molecule has 2 aromatic heterocycles. The van der Waals surface area contributed by atoms with Crippen LogP contribution in [0, 0.1) is 0 Å². The molecular weight excluding hydrogens is 292 g/mol. The van der Waals surface area contributed by atoms with E-state index in [2.05, 4.69) is 15.0 Å². The molecule has 0 amide bonds. The lowest BCUT2D eigenvalue weighted by molar-refractivity contribution is 0.145. The zero-order chi connectivity index (χ0) is 16.1. The van der Waals surface area contributed by atoms with Crippen molar-refractivity contribution in [1.82, 2.24) is 15.0 Å². The fraction of sp³-hybridized carbons (Fsp3) is 0.235. The molecule has 0 saturated heterocycles. The first kappa shape index (κ1) is 15.2. The number of benzene rings is 1. The summed E-state index contributed by atoms with van der Waals surface area (Å²) in [7, 11) is 0. The Bertz CT molecular complexity index is 794. The van der Waals surface area contributed by atoms with Crippen molar-refractivity contribution in [2.45, 2.75) is 13.8 Å². The molecule has 0 bridgehead atoms. The van der Waals surface area contributed by atoms with E-state index in [1.54, 1.807) is 17.5 Å². The van der Waals surface area contributed by atoms with Gasteiger partial charge in [0.1, 0.15) is 11.3 Å². The topological polar surface area (TPSA) is 60.4 Å². The van der Waals surface area contributed by atoms with Crippen LogP contribution in [0.1, 0.15) is 13.8 Å². The smallest absolute Gasteiger partial charge is 0.255 e. The molecule has 0 aliphatic rings. The van der Waals surface area contributed by atoms with Crippen LogP contribution in [0.5, 0.6) is 5.75 Å². The molecule has 0 aliphatic carbocycles. The summed E-state index contributed by atoms with van der Waals surface area (Å²) in [6.07, 6.45) is 3.41. The van der Waals surface area contributed by atoms with Gasteiger partial charge in [-0.3, -0.25) is 9.82 Å². The molecule has 23 heavy (non-hydrogen) atoms. The molecule has 0 atom stereocenters. The number of ether oxygens (including phenoxy) is 1. The van der Waals surface area contributed by atoms with Crippen molar-refractivity contribution in [3.05, 3.63) is 48.8 Å². The van der Waals surface area contributed by atoms with E-state index in [9.17, 15) is 0 Å².